The first-order valence-electron chi connectivity index (χ1n) is 8.54. The van der Waals surface area contributed by atoms with Gasteiger partial charge < -0.3 is 10.1 Å². The average molecular weight is 376 g/mol. The fourth-order valence-electron chi connectivity index (χ4n) is 2.18. The van der Waals surface area contributed by atoms with Gasteiger partial charge in [0.1, 0.15) is 5.75 Å². The molecule has 0 unspecified atom stereocenters. The van der Waals surface area contributed by atoms with Gasteiger partial charge in [-0.2, -0.15) is 0 Å². The van der Waals surface area contributed by atoms with E-state index in [1.165, 1.54) is 12.1 Å². The third-order valence-corrected chi connectivity index (χ3v) is 5.16. The summed E-state index contributed by atoms with van der Waals surface area (Å²) in [5, 5.41) is 2.71. The molecule has 0 aliphatic heterocycles. The Balaban J connectivity index is 1.94. The SMILES string of the molecule is CCCCNS(=O)(=O)c1ccc(NC(=O)[C@@H](C)Oc2ccccc2)cc1. The molecule has 0 radical (unpaired) electrons. The van der Waals surface area contributed by atoms with Crippen molar-refractivity contribution in [3.8, 4) is 5.75 Å². The van der Waals surface area contributed by atoms with E-state index in [4.69, 9.17) is 4.74 Å². The van der Waals surface area contributed by atoms with E-state index in [0.717, 1.165) is 12.8 Å². The number of anilines is 1. The molecule has 0 spiro atoms. The Morgan fingerprint density at radius 1 is 1.08 bits per heavy atom. The number of carbonyl (C=O) groups excluding carboxylic acids is 1. The molecular weight excluding hydrogens is 352 g/mol. The quantitative estimate of drug-likeness (QED) is 0.659. The van der Waals surface area contributed by atoms with Crippen molar-refractivity contribution in [3.63, 3.8) is 0 Å². The van der Waals surface area contributed by atoms with Gasteiger partial charge in [0, 0.05) is 12.2 Å². The van der Waals surface area contributed by atoms with Crippen LogP contribution in [0.2, 0.25) is 0 Å². The van der Waals surface area contributed by atoms with Crippen molar-refractivity contribution in [2.45, 2.75) is 37.7 Å². The summed E-state index contributed by atoms with van der Waals surface area (Å²) in [7, 11) is -3.52. The van der Waals surface area contributed by atoms with E-state index >= 15 is 0 Å². The van der Waals surface area contributed by atoms with Gasteiger partial charge in [0.05, 0.1) is 4.90 Å². The van der Waals surface area contributed by atoms with Gasteiger partial charge in [-0.3, -0.25) is 4.79 Å². The maximum atomic E-state index is 12.2. The van der Waals surface area contributed by atoms with Gasteiger partial charge in [-0.25, -0.2) is 13.1 Å². The van der Waals surface area contributed by atoms with Crippen molar-refractivity contribution in [1.29, 1.82) is 0 Å². The Morgan fingerprint density at radius 3 is 2.35 bits per heavy atom. The molecule has 2 rings (SSSR count). The minimum Gasteiger partial charge on any atom is -0.481 e. The summed E-state index contributed by atoms with van der Waals surface area (Å²) in [6.45, 7) is 4.05. The molecule has 0 saturated carbocycles. The summed E-state index contributed by atoms with van der Waals surface area (Å²) in [5.74, 6) is 0.292. The van der Waals surface area contributed by atoms with E-state index in [-0.39, 0.29) is 10.8 Å². The van der Waals surface area contributed by atoms with E-state index in [1.807, 2.05) is 25.1 Å². The Kier molecular flexibility index (Phi) is 7.17. The zero-order valence-corrected chi connectivity index (χ0v) is 15.8. The second kappa shape index (κ2) is 9.35. The number of benzene rings is 2. The minimum atomic E-state index is -3.52. The molecule has 0 aliphatic carbocycles. The number of carbonyl (C=O) groups is 1. The van der Waals surface area contributed by atoms with Gasteiger partial charge in [0.2, 0.25) is 10.0 Å². The van der Waals surface area contributed by atoms with Crippen molar-refractivity contribution in [3.05, 3.63) is 54.6 Å². The van der Waals surface area contributed by atoms with Crippen molar-refractivity contribution >= 4 is 21.6 Å². The Labute approximate surface area is 154 Å². The molecular formula is C19H24N2O4S. The highest BCUT2D eigenvalue weighted by atomic mass is 32.2. The second-order valence-electron chi connectivity index (χ2n) is 5.84. The topological polar surface area (TPSA) is 84.5 Å². The summed E-state index contributed by atoms with van der Waals surface area (Å²) < 4.78 is 32.4. The molecule has 0 heterocycles. The number of amides is 1. The average Bonchev–Trinajstić information content (AvgIpc) is 2.63. The van der Waals surface area contributed by atoms with Crippen molar-refractivity contribution in [1.82, 2.24) is 4.72 Å². The fraction of sp³-hybridized carbons (Fsp3) is 0.316. The van der Waals surface area contributed by atoms with E-state index in [0.29, 0.717) is 18.0 Å². The number of rotatable bonds is 9. The molecule has 0 aliphatic rings. The number of sulfonamides is 1. The third-order valence-electron chi connectivity index (χ3n) is 3.68. The number of unbranched alkanes of at least 4 members (excludes halogenated alkanes) is 1. The molecule has 0 aromatic heterocycles. The van der Waals surface area contributed by atoms with Crippen LogP contribution in [0.5, 0.6) is 5.75 Å². The maximum Gasteiger partial charge on any atom is 0.265 e. The van der Waals surface area contributed by atoms with Gasteiger partial charge in [0.25, 0.3) is 5.91 Å². The molecule has 0 fully saturated rings. The lowest BCUT2D eigenvalue weighted by atomic mass is 10.3. The van der Waals surface area contributed by atoms with E-state index in [1.54, 1.807) is 31.2 Å². The van der Waals surface area contributed by atoms with Crippen LogP contribution in [0.4, 0.5) is 5.69 Å². The van der Waals surface area contributed by atoms with Crippen molar-refractivity contribution in [2.24, 2.45) is 0 Å². The molecule has 1 atom stereocenters. The molecule has 7 heteroatoms. The lowest BCUT2D eigenvalue weighted by Crippen LogP contribution is -2.30. The first-order valence-corrected chi connectivity index (χ1v) is 10.0. The second-order valence-corrected chi connectivity index (χ2v) is 7.61. The van der Waals surface area contributed by atoms with Gasteiger partial charge in [-0.15, -0.1) is 0 Å². The first kappa shape index (κ1) is 19.9. The van der Waals surface area contributed by atoms with Crippen LogP contribution in [0, 0.1) is 0 Å². The summed E-state index contributed by atoms with van der Waals surface area (Å²) >= 11 is 0. The van der Waals surface area contributed by atoms with Crippen LogP contribution < -0.4 is 14.8 Å². The predicted octanol–water partition coefficient (Wildman–Crippen LogP) is 3.17. The maximum absolute atomic E-state index is 12.2. The summed E-state index contributed by atoms with van der Waals surface area (Å²) in [5.41, 5.74) is 0.506. The number of nitrogens with one attached hydrogen (secondary N) is 2. The predicted molar refractivity (Wildman–Crippen MR) is 102 cm³/mol. The third kappa shape index (κ3) is 5.86. The van der Waals surface area contributed by atoms with Gasteiger partial charge in [-0.1, -0.05) is 31.5 Å². The molecule has 2 aromatic carbocycles. The number of ether oxygens (including phenoxy) is 1. The molecule has 1 amide bonds. The summed E-state index contributed by atoms with van der Waals surface area (Å²) in [6.07, 6.45) is 1.01. The van der Waals surface area contributed by atoms with Crippen LogP contribution in [0.15, 0.2) is 59.5 Å². The van der Waals surface area contributed by atoms with Crippen LogP contribution in [0.25, 0.3) is 0 Å². The summed E-state index contributed by atoms with van der Waals surface area (Å²) in [4.78, 5) is 12.4. The van der Waals surface area contributed by atoms with Crippen LogP contribution in [-0.4, -0.2) is 27.0 Å². The van der Waals surface area contributed by atoms with Crippen molar-refractivity contribution in [2.75, 3.05) is 11.9 Å². The van der Waals surface area contributed by atoms with Gasteiger partial charge in [0.15, 0.2) is 6.10 Å². The number of para-hydroxylation sites is 1. The highest BCUT2D eigenvalue weighted by Gasteiger charge is 2.16. The normalized spacial score (nSPS) is 12.4. The lowest BCUT2D eigenvalue weighted by molar-refractivity contribution is -0.122. The number of hydrogen-bond acceptors (Lipinski definition) is 4. The van der Waals surface area contributed by atoms with E-state index < -0.39 is 16.1 Å². The zero-order valence-electron chi connectivity index (χ0n) is 14.9. The highest BCUT2D eigenvalue weighted by molar-refractivity contribution is 7.89. The zero-order chi connectivity index (χ0) is 19.0. The van der Waals surface area contributed by atoms with Crippen LogP contribution in [0.3, 0.4) is 0 Å². The van der Waals surface area contributed by atoms with Crippen LogP contribution in [-0.2, 0) is 14.8 Å². The van der Waals surface area contributed by atoms with Crippen LogP contribution >= 0.6 is 0 Å². The lowest BCUT2D eigenvalue weighted by Gasteiger charge is -2.15. The Bertz CT molecular complexity index is 805. The number of hydrogen-bond donors (Lipinski definition) is 2. The molecule has 2 aromatic rings. The fourth-order valence-corrected chi connectivity index (χ4v) is 3.26. The largest absolute Gasteiger partial charge is 0.481 e. The first-order chi connectivity index (χ1) is 12.4. The van der Waals surface area contributed by atoms with E-state index in [9.17, 15) is 13.2 Å². The molecule has 6 nitrogen and oxygen atoms in total. The Morgan fingerprint density at radius 2 is 1.73 bits per heavy atom. The highest BCUT2D eigenvalue weighted by Crippen LogP contribution is 2.16. The van der Waals surface area contributed by atoms with Gasteiger partial charge >= 0.3 is 0 Å². The van der Waals surface area contributed by atoms with Gasteiger partial charge in [-0.05, 0) is 49.7 Å². The minimum absolute atomic E-state index is 0.167. The van der Waals surface area contributed by atoms with Crippen molar-refractivity contribution < 1.29 is 17.9 Å². The molecule has 26 heavy (non-hydrogen) atoms. The standard InChI is InChI=1S/C19H24N2O4S/c1-3-4-14-20-26(23,24)18-12-10-16(11-13-18)21-19(22)15(2)25-17-8-6-5-7-9-17/h5-13,15,20H,3-4,14H2,1-2H3,(H,21,22)/t15-/m1/s1. The molecule has 0 bridgehead atoms. The molecule has 0 saturated heterocycles. The smallest absolute Gasteiger partial charge is 0.265 e. The summed E-state index contributed by atoms with van der Waals surface area (Å²) in [6, 6.07) is 15.1. The molecule has 2 N–H and O–H groups in total. The van der Waals surface area contributed by atoms with Crippen LogP contribution in [0.1, 0.15) is 26.7 Å². The monoisotopic (exact) mass is 376 g/mol. The molecule has 140 valence electrons. The van der Waals surface area contributed by atoms with E-state index in [2.05, 4.69) is 10.0 Å². The Hall–Kier alpha value is -2.38.